The van der Waals surface area contributed by atoms with E-state index in [-0.39, 0.29) is 0 Å². The van der Waals surface area contributed by atoms with Crippen LogP contribution in [0.15, 0.2) is 91.5 Å². The highest BCUT2D eigenvalue weighted by Gasteiger charge is 2.15. The van der Waals surface area contributed by atoms with Crippen molar-refractivity contribution in [3.05, 3.63) is 119 Å². The van der Waals surface area contributed by atoms with Crippen LogP contribution in [0.25, 0.3) is 10.9 Å². The average molecular weight is 525 g/mol. The maximum Gasteiger partial charge on any atom is 0.173 e. The van der Waals surface area contributed by atoms with Crippen molar-refractivity contribution in [1.29, 1.82) is 5.26 Å². The molecule has 0 unspecified atom stereocenters. The number of thiocarbonyl (C=S) groups is 1. The molecule has 0 amide bonds. The van der Waals surface area contributed by atoms with Crippen LogP contribution in [-0.4, -0.2) is 31.1 Å². The van der Waals surface area contributed by atoms with Crippen LogP contribution in [0, 0.1) is 11.3 Å². The summed E-state index contributed by atoms with van der Waals surface area (Å²) in [6, 6.07) is 25.7. The van der Waals surface area contributed by atoms with Crippen molar-refractivity contribution in [3.63, 3.8) is 0 Å². The number of aromatic nitrogens is 3. The fraction of sp³-hybridized carbons (Fsp3) is 0.138. The Morgan fingerprint density at radius 2 is 1.95 bits per heavy atom. The Balaban J connectivity index is 1.34. The van der Waals surface area contributed by atoms with E-state index in [0.717, 1.165) is 28.9 Å². The predicted molar refractivity (Wildman–Crippen MR) is 153 cm³/mol. The molecular weight excluding hydrogens is 500 g/mol. The first kappa shape index (κ1) is 24.6. The van der Waals surface area contributed by atoms with Crippen molar-refractivity contribution in [2.75, 3.05) is 11.9 Å². The summed E-state index contributed by atoms with van der Waals surface area (Å²) in [5.41, 5.74) is 6.02. The quantitative estimate of drug-likeness (QED) is 0.230. The second kappa shape index (κ2) is 11.3. The molecule has 8 heteroatoms. The Morgan fingerprint density at radius 1 is 1.11 bits per heavy atom. The number of nitrogens with one attached hydrogen (secondary N) is 2. The van der Waals surface area contributed by atoms with E-state index in [0.29, 0.717) is 35.3 Å². The summed E-state index contributed by atoms with van der Waals surface area (Å²) >= 11 is 12.1. The molecule has 5 rings (SSSR count). The third-order valence-electron chi connectivity index (χ3n) is 6.27. The van der Waals surface area contributed by atoms with Crippen molar-refractivity contribution in [1.82, 2.24) is 19.4 Å². The fourth-order valence-corrected chi connectivity index (χ4v) is 4.78. The van der Waals surface area contributed by atoms with Gasteiger partial charge in [0.1, 0.15) is 0 Å². The number of para-hydroxylation sites is 1. The molecule has 0 fully saturated rings. The molecular formula is C29H25ClN6S. The minimum atomic E-state index is 0.630. The molecule has 0 bridgehead atoms. The van der Waals surface area contributed by atoms with E-state index in [1.165, 1.54) is 10.9 Å². The molecule has 3 aromatic carbocycles. The van der Waals surface area contributed by atoms with Crippen molar-refractivity contribution in [3.8, 4) is 6.07 Å². The van der Waals surface area contributed by atoms with Gasteiger partial charge in [-0.3, -0.25) is 0 Å². The normalized spacial score (nSPS) is 10.8. The second-order valence-corrected chi connectivity index (χ2v) is 9.62. The number of aromatic amines is 1. The van der Waals surface area contributed by atoms with Crippen molar-refractivity contribution < 1.29 is 0 Å². The minimum Gasteiger partial charge on any atom is -0.361 e. The highest BCUT2D eigenvalue weighted by molar-refractivity contribution is 7.80. The van der Waals surface area contributed by atoms with Crippen molar-refractivity contribution >= 4 is 45.5 Å². The van der Waals surface area contributed by atoms with Gasteiger partial charge in [0.2, 0.25) is 0 Å². The zero-order valence-electron chi connectivity index (χ0n) is 20.1. The summed E-state index contributed by atoms with van der Waals surface area (Å²) in [7, 11) is 0. The van der Waals surface area contributed by atoms with Crippen LogP contribution in [0.3, 0.4) is 0 Å². The molecule has 0 atom stereocenters. The largest absolute Gasteiger partial charge is 0.361 e. The van der Waals surface area contributed by atoms with E-state index < -0.39 is 0 Å². The zero-order chi connectivity index (χ0) is 25.6. The Bertz CT molecular complexity index is 1560. The first-order chi connectivity index (χ1) is 18.1. The summed E-state index contributed by atoms with van der Waals surface area (Å²) in [4.78, 5) is 9.93. The molecule has 2 heterocycles. The van der Waals surface area contributed by atoms with Crippen LogP contribution < -0.4 is 5.32 Å². The first-order valence-electron chi connectivity index (χ1n) is 11.9. The Hall–Kier alpha value is -4.12. The second-order valence-electron chi connectivity index (χ2n) is 8.79. The standard InChI is InChI=1S/C29H25ClN6S/c30-24-4-3-5-25(14-24)34-29(37)35(19-23-16-33-28-7-2-1-6-27(23)28)13-12-26-17-32-20-36(26)18-22-10-8-21(15-31)9-11-22/h1-11,14,16-17,20,33H,12-13,18-19H2,(H,34,37). The molecule has 0 saturated carbocycles. The Morgan fingerprint density at radius 3 is 2.76 bits per heavy atom. The summed E-state index contributed by atoms with van der Waals surface area (Å²) in [6.45, 7) is 2.04. The molecule has 0 spiro atoms. The van der Waals surface area contributed by atoms with Gasteiger partial charge in [-0.05, 0) is 59.7 Å². The number of H-pyrrole nitrogens is 1. The molecule has 5 aromatic rings. The van der Waals surface area contributed by atoms with Gasteiger partial charge < -0.3 is 19.8 Å². The summed E-state index contributed by atoms with van der Waals surface area (Å²) in [5, 5.41) is 14.9. The van der Waals surface area contributed by atoms with Gasteiger partial charge in [0.15, 0.2) is 5.11 Å². The summed E-state index contributed by atoms with van der Waals surface area (Å²) in [6.07, 6.45) is 6.56. The van der Waals surface area contributed by atoms with Gasteiger partial charge in [-0.1, -0.05) is 48.0 Å². The third-order valence-corrected chi connectivity index (χ3v) is 6.87. The van der Waals surface area contributed by atoms with Crippen LogP contribution in [0.1, 0.15) is 22.4 Å². The molecule has 6 nitrogen and oxygen atoms in total. The number of imidazole rings is 1. The summed E-state index contributed by atoms with van der Waals surface area (Å²) < 4.78 is 2.14. The number of nitrogens with zero attached hydrogens (tertiary/aromatic N) is 4. The molecule has 184 valence electrons. The highest BCUT2D eigenvalue weighted by Crippen LogP contribution is 2.21. The highest BCUT2D eigenvalue weighted by atomic mass is 35.5. The smallest absolute Gasteiger partial charge is 0.173 e. The fourth-order valence-electron chi connectivity index (χ4n) is 4.32. The van der Waals surface area contributed by atoms with Crippen LogP contribution in [0.5, 0.6) is 0 Å². The predicted octanol–water partition coefficient (Wildman–Crippen LogP) is 6.38. The number of hydrogen-bond donors (Lipinski definition) is 2. The number of halogens is 1. The van der Waals surface area contributed by atoms with E-state index in [4.69, 9.17) is 29.1 Å². The van der Waals surface area contributed by atoms with Gasteiger partial charge >= 0.3 is 0 Å². The molecule has 0 aliphatic rings. The lowest BCUT2D eigenvalue weighted by Crippen LogP contribution is -2.36. The van der Waals surface area contributed by atoms with Gasteiger partial charge in [0, 0.05) is 65.8 Å². The number of benzene rings is 3. The average Bonchev–Trinajstić information content (AvgIpc) is 3.53. The van der Waals surface area contributed by atoms with Gasteiger partial charge in [-0.25, -0.2) is 4.98 Å². The van der Waals surface area contributed by atoms with Gasteiger partial charge in [-0.15, -0.1) is 0 Å². The number of hydrogen-bond acceptors (Lipinski definition) is 3. The number of anilines is 1. The van der Waals surface area contributed by atoms with Crippen LogP contribution in [0.2, 0.25) is 5.02 Å². The van der Waals surface area contributed by atoms with Crippen molar-refractivity contribution in [2.45, 2.75) is 19.5 Å². The molecule has 2 aromatic heterocycles. The van der Waals surface area contributed by atoms with E-state index in [1.807, 2.05) is 73.2 Å². The lowest BCUT2D eigenvalue weighted by Gasteiger charge is -2.26. The van der Waals surface area contributed by atoms with Crippen LogP contribution >= 0.6 is 23.8 Å². The minimum absolute atomic E-state index is 0.630. The molecule has 0 aliphatic heterocycles. The molecule has 37 heavy (non-hydrogen) atoms. The van der Waals surface area contributed by atoms with E-state index in [9.17, 15) is 0 Å². The number of nitriles is 1. The van der Waals surface area contributed by atoms with Gasteiger partial charge in [0.25, 0.3) is 0 Å². The third kappa shape index (κ3) is 6.00. The SMILES string of the molecule is N#Cc1ccc(Cn2cncc2CCN(Cc2c[nH]c3ccccc23)C(=S)Nc2cccc(Cl)c2)cc1. The monoisotopic (exact) mass is 524 g/mol. The Kier molecular flexibility index (Phi) is 7.50. The first-order valence-corrected chi connectivity index (χ1v) is 12.7. The maximum absolute atomic E-state index is 9.06. The van der Waals surface area contributed by atoms with E-state index in [2.05, 4.69) is 49.2 Å². The maximum atomic E-state index is 9.06. The van der Waals surface area contributed by atoms with Crippen molar-refractivity contribution in [2.24, 2.45) is 0 Å². The zero-order valence-corrected chi connectivity index (χ0v) is 21.6. The van der Waals surface area contributed by atoms with Gasteiger partial charge in [0.05, 0.1) is 18.0 Å². The van der Waals surface area contributed by atoms with Gasteiger partial charge in [-0.2, -0.15) is 5.26 Å². The number of rotatable bonds is 8. The molecule has 2 N–H and O–H groups in total. The molecule has 0 aliphatic carbocycles. The Labute approximate surface area is 226 Å². The van der Waals surface area contributed by atoms with E-state index >= 15 is 0 Å². The van der Waals surface area contributed by atoms with Crippen LogP contribution in [0.4, 0.5) is 5.69 Å². The topological polar surface area (TPSA) is 72.7 Å². The lowest BCUT2D eigenvalue weighted by molar-refractivity contribution is 0.420. The lowest BCUT2D eigenvalue weighted by atomic mass is 10.1. The number of fused-ring (bicyclic) bond motifs is 1. The van der Waals surface area contributed by atoms with E-state index in [1.54, 1.807) is 0 Å². The summed E-state index contributed by atoms with van der Waals surface area (Å²) in [5.74, 6) is 0. The van der Waals surface area contributed by atoms with Crippen LogP contribution in [-0.2, 0) is 19.5 Å². The molecule has 0 saturated heterocycles. The molecule has 0 radical (unpaired) electrons.